The lowest BCUT2D eigenvalue weighted by Gasteiger charge is -2.25. The minimum Gasteiger partial charge on any atom is -0.508 e. The van der Waals surface area contributed by atoms with Crippen molar-refractivity contribution < 1.29 is 34.0 Å². The molecule has 164 valence electrons. The fraction of sp³-hybridized carbons (Fsp3) is 0.273. The quantitative estimate of drug-likeness (QED) is 0.433. The average Bonchev–Trinajstić information content (AvgIpc) is 3.19. The number of phenolic OH excluding ortho intramolecular Hbond substituents is 1. The van der Waals surface area contributed by atoms with Crippen molar-refractivity contribution in [3.63, 3.8) is 0 Å². The number of hydrogen-bond acceptors (Lipinski definition) is 6. The standard InChI is InChI=1S/C22H22BrNO7/c1-13(4-2-3-5-20(26)27)21(16-10-14(23)6-8-17(16)25)31-22(28)24-15-7-9-18-19(11-15)30-12-29-18/h3,5-11,13,21,25H,2,4,12H2,1H3,(H,24,28)(H,26,27)/b5-3+/t13-,21+/m0/s1. The zero-order valence-corrected chi connectivity index (χ0v) is 18.3. The van der Waals surface area contributed by atoms with E-state index >= 15 is 0 Å². The van der Waals surface area contributed by atoms with Crippen molar-refractivity contribution in [3.8, 4) is 17.2 Å². The number of carbonyl (C=O) groups excluding carboxylic acids is 1. The van der Waals surface area contributed by atoms with Crippen molar-refractivity contribution in [2.24, 2.45) is 5.92 Å². The second kappa shape index (κ2) is 10.2. The highest BCUT2D eigenvalue weighted by molar-refractivity contribution is 9.10. The number of carboxylic acids is 1. The molecule has 0 saturated heterocycles. The van der Waals surface area contributed by atoms with Gasteiger partial charge in [0.1, 0.15) is 11.9 Å². The number of ether oxygens (including phenoxy) is 3. The number of amides is 1. The molecule has 0 bridgehead atoms. The van der Waals surface area contributed by atoms with Crippen molar-refractivity contribution in [2.45, 2.75) is 25.9 Å². The molecular formula is C22H22BrNO7. The van der Waals surface area contributed by atoms with E-state index in [0.29, 0.717) is 35.6 Å². The summed E-state index contributed by atoms with van der Waals surface area (Å²) in [6.45, 7) is 1.99. The van der Waals surface area contributed by atoms with Crippen LogP contribution >= 0.6 is 15.9 Å². The first-order chi connectivity index (χ1) is 14.8. The Morgan fingerprint density at radius 1 is 1.23 bits per heavy atom. The molecule has 0 spiro atoms. The molecule has 1 aliphatic heterocycles. The van der Waals surface area contributed by atoms with E-state index in [0.717, 1.165) is 10.5 Å². The lowest BCUT2D eigenvalue weighted by molar-refractivity contribution is -0.131. The summed E-state index contributed by atoms with van der Waals surface area (Å²) in [6.07, 6.45) is 2.18. The molecule has 1 aliphatic rings. The number of nitrogens with one attached hydrogen (secondary N) is 1. The lowest BCUT2D eigenvalue weighted by atomic mass is 9.92. The summed E-state index contributed by atoms with van der Waals surface area (Å²) < 4.78 is 17.0. The Kier molecular flexibility index (Phi) is 7.41. The Bertz CT molecular complexity index is 992. The smallest absolute Gasteiger partial charge is 0.412 e. The van der Waals surface area contributed by atoms with Gasteiger partial charge in [-0.3, -0.25) is 5.32 Å². The molecule has 2 aromatic carbocycles. The number of hydrogen-bond donors (Lipinski definition) is 3. The van der Waals surface area contributed by atoms with Crippen LogP contribution in [0.5, 0.6) is 17.2 Å². The number of carbonyl (C=O) groups is 2. The van der Waals surface area contributed by atoms with Crippen molar-refractivity contribution in [1.82, 2.24) is 0 Å². The van der Waals surface area contributed by atoms with E-state index in [1.165, 1.54) is 6.07 Å². The van der Waals surface area contributed by atoms with Crippen LogP contribution < -0.4 is 14.8 Å². The van der Waals surface area contributed by atoms with Crippen molar-refractivity contribution >= 4 is 33.7 Å². The van der Waals surface area contributed by atoms with Gasteiger partial charge in [0.25, 0.3) is 0 Å². The van der Waals surface area contributed by atoms with Gasteiger partial charge in [-0.05, 0) is 49.1 Å². The van der Waals surface area contributed by atoms with Crippen LogP contribution in [-0.4, -0.2) is 29.1 Å². The van der Waals surface area contributed by atoms with Gasteiger partial charge in [0.05, 0.1) is 0 Å². The van der Waals surface area contributed by atoms with Gasteiger partial charge in [-0.15, -0.1) is 0 Å². The molecule has 3 N–H and O–H groups in total. The first-order valence-corrected chi connectivity index (χ1v) is 10.4. The van der Waals surface area contributed by atoms with Gasteiger partial charge < -0.3 is 24.4 Å². The maximum absolute atomic E-state index is 12.6. The number of allylic oxidation sites excluding steroid dienone is 1. The van der Waals surface area contributed by atoms with E-state index < -0.39 is 18.2 Å². The Balaban J connectivity index is 1.74. The largest absolute Gasteiger partial charge is 0.508 e. The number of rotatable bonds is 8. The number of halogens is 1. The van der Waals surface area contributed by atoms with Gasteiger partial charge in [-0.25, -0.2) is 9.59 Å². The summed E-state index contributed by atoms with van der Waals surface area (Å²) in [6, 6.07) is 9.88. The van der Waals surface area contributed by atoms with Gasteiger partial charge in [0.2, 0.25) is 6.79 Å². The van der Waals surface area contributed by atoms with Gasteiger partial charge >= 0.3 is 12.1 Å². The SMILES string of the molecule is C[C@@H](CC/C=C/C(=O)O)[C@@H](OC(=O)Nc1ccc2c(c1)OCO2)c1cc(Br)ccc1O. The molecule has 1 heterocycles. The van der Waals surface area contributed by atoms with Crippen molar-refractivity contribution in [2.75, 3.05) is 12.1 Å². The van der Waals surface area contributed by atoms with E-state index in [2.05, 4.69) is 21.2 Å². The molecule has 3 rings (SSSR count). The molecule has 1 amide bonds. The Morgan fingerprint density at radius 3 is 2.77 bits per heavy atom. The topological polar surface area (TPSA) is 114 Å². The van der Waals surface area contributed by atoms with Crippen LogP contribution in [0.2, 0.25) is 0 Å². The maximum Gasteiger partial charge on any atom is 0.412 e. The minimum absolute atomic E-state index is 0.00277. The minimum atomic E-state index is -1.02. The van der Waals surface area contributed by atoms with Crippen LogP contribution in [0.15, 0.2) is 53.0 Å². The van der Waals surface area contributed by atoms with Gasteiger partial charge in [-0.1, -0.05) is 28.9 Å². The molecule has 0 aromatic heterocycles. The monoisotopic (exact) mass is 491 g/mol. The summed E-state index contributed by atoms with van der Waals surface area (Å²) >= 11 is 3.37. The Labute approximate surface area is 187 Å². The average molecular weight is 492 g/mol. The molecular weight excluding hydrogens is 470 g/mol. The number of aromatic hydroxyl groups is 1. The van der Waals surface area contributed by atoms with E-state index in [9.17, 15) is 14.7 Å². The predicted molar refractivity (Wildman–Crippen MR) is 116 cm³/mol. The third-order valence-corrected chi connectivity index (χ3v) is 5.21. The normalized spacial score (nSPS) is 14.3. The fourth-order valence-corrected chi connectivity index (χ4v) is 3.55. The summed E-state index contributed by atoms with van der Waals surface area (Å²) in [7, 11) is 0. The third kappa shape index (κ3) is 6.14. The van der Waals surface area contributed by atoms with E-state index in [1.54, 1.807) is 36.4 Å². The molecule has 0 fully saturated rings. The molecule has 0 aliphatic carbocycles. The van der Waals surface area contributed by atoms with Crippen molar-refractivity contribution in [1.29, 1.82) is 0 Å². The number of anilines is 1. The number of benzene rings is 2. The van der Waals surface area contributed by atoms with E-state index in [1.807, 2.05) is 6.92 Å². The molecule has 0 radical (unpaired) electrons. The number of phenols is 1. The summed E-state index contributed by atoms with van der Waals surface area (Å²) in [4.78, 5) is 23.3. The second-order valence-corrected chi connectivity index (χ2v) is 7.93. The Hall–Kier alpha value is -3.20. The second-order valence-electron chi connectivity index (χ2n) is 7.02. The first-order valence-electron chi connectivity index (χ1n) is 9.58. The molecule has 2 aromatic rings. The van der Waals surface area contributed by atoms with Gasteiger partial charge in [0.15, 0.2) is 11.5 Å². The number of fused-ring (bicyclic) bond motifs is 1. The van der Waals surface area contributed by atoms with E-state index in [4.69, 9.17) is 19.3 Å². The van der Waals surface area contributed by atoms with Crippen LogP contribution in [-0.2, 0) is 9.53 Å². The predicted octanol–water partition coefficient (Wildman–Crippen LogP) is 5.23. The van der Waals surface area contributed by atoms with Crippen LogP contribution in [0.1, 0.15) is 31.4 Å². The first kappa shape index (κ1) is 22.5. The fourth-order valence-electron chi connectivity index (χ4n) is 3.17. The van der Waals surface area contributed by atoms with E-state index in [-0.39, 0.29) is 18.5 Å². The highest BCUT2D eigenvalue weighted by Crippen LogP contribution is 2.37. The molecule has 8 nitrogen and oxygen atoms in total. The molecule has 2 atom stereocenters. The highest BCUT2D eigenvalue weighted by Gasteiger charge is 2.26. The summed E-state index contributed by atoms with van der Waals surface area (Å²) in [5.41, 5.74) is 0.924. The van der Waals surface area contributed by atoms with Crippen LogP contribution in [0.25, 0.3) is 0 Å². The van der Waals surface area contributed by atoms with Crippen molar-refractivity contribution in [3.05, 3.63) is 58.6 Å². The molecule has 0 unspecified atom stereocenters. The third-order valence-electron chi connectivity index (χ3n) is 4.72. The summed E-state index contributed by atoms with van der Waals surface area (Å²) in [5.74, 6) is -0.109. The lowest BCUT2D eigenvalue weighted by Crippen LogP contribution is -2.22. The van der Waals surface area contributed by atoms with Crippen LogP contribution in [0.4, 0.5) is 10.5 Å². The highest BCUT2D eigenvalue weighted by atomic mass is 79.9. The zero-order chi connectivity index (χ0) is 22.4. The molecule has 0 saturated carbocycles. The molecule has 31 heavy (non-hydrogen) atoms. The maximum atomic E-state index is 12.6. The number of carboxylic acid groups (broad SMARTS) is 1. The van der Waals surface area contributed by atoms with Gasteiger partial charge in [-0.2, -0.15) is 0 Å². The summed E-state index contributed by atoms with van der Waals surface area (Å²) in [5, 5.41) is 21.7. The zero-order valence-electron chi connectivity index (χ0n) is 16.7. The van der Waals surface area contributed by atoms with Crippen LogP contribution in [0, 0.1) is 5.92 Å². The van der Waals surface area contributed by atoms with Crippen LogP contribution in [0.3, 0.4) is 0 Å². The Morgan fingerprint density at radius 2 is 2.00 bits per heavy atom. The molecule has 9 heteroatoms. The van der Waals surface area contributed by atoms with Gasteiger partial charge in [0, 0.05) is 27.9 Å². The number of aliphatic carboxylic acids is 1.